The third kappa shape index (κ3) is 6.55. The smallest absolute Gasteiger partial charge is 0.191 e. The topological polar surface area (TPSA) is 70.4 Å². The molecule has 0 unspecified atom stereocenters. The molecule has 0 aliphatic rings. The van der Waals surface area contributed by atoms with E-state index in [1.54, 1.807) is 0 Å². The number of nitrogens with one attached hydrogen (secondary N) is 2. The Labute approximate surface area is 169 Å². The van der Waals surface area contributed by atoms with Gasteiger partial charge in [0.05, 0.1) is 12.2 Å². The van der Waals surface area contributed by atoms with Crippen LogP contribution in [0.1, 0.15) is 44.1 Å². The Kier molecular flexibility index (Phi) is 8.78. The first-order chi connectivity index (χ1) is 13.6. The zero-order chi connectivity index (χ0) is 20.4. The average Bonchev–Trinajstić information content (AvgIpc) is 3.02. The van der Waals surface area contributed by atoms with Gasteiger partial charge in [-0.2, -0.15) is 5.10 Å². The number of hydrogen-bond acceptors (Lipinski definition) is 4. The van der Waals surface area contributed by atoms with Crippen molar-refractivity contribution in [3.63, 3.8) is 0 Å². The molecule has 0 aliphatic heterocycles. The molecule has 154 valence electrons. The standard InChI is InChI=1S/C21H35N7/c1-6-22-21(23-12-9-13-28-18(5)14-17(4)26-28)25-16-19-10-11-20(24-15-19)27(7-2)8-3/h10-11,14-15H,6-9,12-13,16H2,1-5H3,(H2,22,23,25). The Balaban J connectivity index is 1.84. The van der Waals surface area contributed by atoms with Crippen molar-refractivity contribution >= 4 is 11.8 Å². The molecule has 0 atom stereocenters. The number of pyridine rings is 1. The maximum absolute atomic E-state index is 4.68. The van der Waals surface area contributed by atoms with Crippen LogP contribution in [0.2, 0.25) is 0 Å². The van der Waals surface area contributed by atoms with E-state index in [2.05, 4.69) is 81.2 Å². The molecule has 7 nitrogen and oxygen atoms in total. The predicted molar refractivity (Wildman–Crippen MR) is 117 cm³/mol. The summed E-state index contributed by atoms with van der Waals surface area (Å²) in [4.78, 5) is 11.5. The Morgan fingerprint density at radius 3 is 2.50 bits per heavy atom. The van der Waals surface area contributed by atoms with Crippen molar-refractivity contribution in [1.29, 1.82) is 0 Å². The highest BCUT2D eigenvalue weighted by Crippen LogP contribution is 2.11. The van der Waals surface area contributed by atoms with Crippen LogP contribution < -0.4 is 15.5 Å². The van der Waals surface area contributed by atoms with Crippen molar-refractivity contribution in [3.05, 3.63) is 41.3 Å². The molecule has 2 heterocycles. The van der Waals surface area contributed by atoms with Crippen LogP contribution in [0.4, 0.5) is 5.82 Å². The van der Waals surface area contributed by atoms with Crippen molar-refractivity contribution in [2.75, 3.05) is 31.1 Å². The van der Waals surface area contributed by atoms with Gasteiger partial charge in [-0.05, 0) is 58.7 Å². The third-order valence-corrected chi connectivity index (χ3v) is 4.60. The molecule has 7 heteroatoms. The van der Waals surface area contributed by atoms with Gasteiger partial charge >= 0.3 is 0 Å². The molecular formula is C21H35N7. The van der Waals surface area contributed by atoms with E-state index in [0.29, 0.717) is 6.54 Å². The van der Waals surface area contributed by atoms with Crippen LogP contribution in [0.15, 0.2) is 29.4 Å². The van der Waals surface area contributed by atoms with E-state index in [4.69, 9.17) is 0 Å². The Hall–Kier alpha value is -2.57. The molecule has 0 radical (unpaired) electrons. The minimum atomic E-state index is 0.609. The molecule has 28 heavy (non-hydrogen) atoms. The number of aliphatic imine (C=N–C) groups is 1. The fraction of sp³-hybridized carbons (Fsp3) is 0.571. The molecular weight excluding hydrogens is 350 g/mol. The molecule has 2 N–H and O–H groups in total. The summed E-state index contributed by atoms with van der Waals surface area (Å²) < 4.78 is 2.06. The normalized spacial score (nSPS) is 11.5. The second kappa shape index (κ2) is 11.3. The monoisotopic (exact) mass is 385 g/mol. The molecule has 0 saturated heterocycles. The summed E-state index contributed by atoms with van der Waals surface area (Å²) in [5, 5.41) is 11.2. The minimum absolute atomic E-state index is 0.609. The zero-order valence-electron chi connectivity index (χ0n) is 18.0. The summed E-state index contributed by atoms with van der Waals surface area (Å²) in [5.41, 5.74) is 3.38. The number of nitrogens with zero attached hydrogens (tertiary/aromatic N) is 5. The van der Waals surface area contributed by atoms with Crippen LogP contribution in [0.5, 0.6) is 0 Å². The summed E-state index contributed by atoms with van der Waals surface area (Å²) in [6.45, 7) is 15.6. The molecule has 0 fully saturated rings. The number of rotatable bonds is 10. The molecule has 2 rings (SSSR count). The predicted octanol–water partition coefficient (Wildman–Crippen LogP) is 2.89. The molecule has 0 bridgehead atoms. The van der Waals surface area contributed by atoms with Crippen molar-refractivity contribution in [2.24, 2.45) is 4.99 Å². The number of guanidine groups is 1. The Bertz CT molecular complexity index is 730. The van der Waals surface area contributed by atoms with Gasteiger partial charge in [-0.3, -0.25) is 4.68 Å². The van der Waals surface area contributed by atoms with E-state index in [9.17, 15) is 0 Å². The zero-order valence-corrected chi connectivity index (χ0v) is 18.0. The quantitative estimate of drug-likeness (QED) is 0.374. The third-order valence-electron chi connectivity index (χ3n) is 4.60. The van der Waals surface area contributed by atoms with Crippen molar-refractivity contribution in [2.45, 2.75) is 54.1 Å². The molecule has 0 aliphatic carbocycles. The second-order valence-corrected chi connectivity index (χ2v) is 6.82. The summed E-state index contributed by atoms with van der Waals surface area (Å²) in [6.07, 6.45) is 2.91. The van der Waals surface area contributed by atoms with E-state index in [0.717, 1.165) is 62.2 Å². The fourth-order valence-corrected chi connectivity index (χ4v) is 3.09. The first kappa shape index (κ1) is 21.7. The van der Waals surface area contributed by atoms with Crippen LogP contribution in [-0.4, -0.2) is 46.9 Å². The summed E-state index contributed by atoms with van der Waals surface area (Å²) >= 11 is 0. The maximum atomic E-state index is 4.68. The first-order valence-corrected chi connectivity index (χ1v) is 10.3. The van der Waals surface area contributed by atoms with Crippen molar-refractivity contribution in [1.82, 2.24) is 25.4 Å². The fourth-order valence-electron chi connectivity index (χ4n) is 3.09. The second-order valence-electron chi connectivity index (χ2n) is 6.82. The lowest BCUT2D eigenvalue weighted by Crippen LogP contribution is -2.38. The van der Waals surface area contributed by atoms with Crippen molar-refractivity contribution < 1.29 is 0 Å². The van der Waals surface area contributed by atoms with Crippen molar-refractivity contribution in [3.8, 4) is 0 Å². The lowest BCUT2D eigenvalue weighted by Gasteiger charge is -2.19. The maximum Gasteiger partial charge on any atom is 0.191 e. The van der Waals surface area contributed by atoms with Crippen LogP contribution in [-0.2, 0) is 13.1 Å². The number of anilines is 1. The van der Waals surface area contributed by atoms with Crippen LogP contribution in [0.25, 0.3) is 0 Å². The highest BCUT2D eigenvalue weighted by molar-refractivity contribution is 5.79. The first-order valence-electron chi connectivity index (χ1n) is 10.3. The van der Waals surface area contributed by atoms with Gasteiger partial charge in [-0.15, -0.1) is 0 Å². The molecule has 2 aromatic heterocycles. The van der Waals surface area contributed by atoms with Crippen LogP contribution in [0.3, 0.4) is 0 Å². The van der Waals surface area contributed by atoms with Gasteiger partial charge in [0.2, 0.25) is 0 Å². The van der Waals surface area contributed by atoms with E-state index < -0.39 is 0 Å². The Morgan fingerprint density at radius 1 is 1.14 bits per heavy atom. The summed E-state index contributed by atoms with van der Waals surface area (Å²) in [5.74, 6) is 1.86. The Morgan fingerprint density at radius 2 is 1.93 bits per heavy atom. The molecule has 0 saturated carbocycles. The largest absolute Gasteiger partial charge is 0.357 e. The van der Waals surface area contributed by atoms with E-state index in [1.807, 2.05) is 13.1 Å². The van der Waals surface area contributed by atoms with E-state index in [1.165, 1.54) is 5.69 Å². The van der Waals surface area contributed by atoms with Gasteiger partial charge < -0.3 is 15.5 Å². The summed E-state index contributed by atoms with van der Waals surface area (Å²) in [6, 6.07) is 6.29. The molecule has 2 aromatic rings. The van der Waals surface area contributed by atoms with Gasteiger partial charge in [-0.1, -0.05) is 6.07 Å². The minimum Gasteiger partial charge on any atom is -0.357 e. The van der Waals surface area contributed by atoms with Crippen LogP contribution >= 0.6 is 0 Å². The number of aryl methyl sites for hydroxylation is 3. The molecule has 0 aromatic carbocycles. The number of hydrogen-bond donors (Lipinski definition) is 2. The van der Waals surface area contributed by atoms with E-state index in [-0.39, 0.29) is 0 Å². The highest BCUT2D eigenvalue weighted by atomic mass is 15.3. The molecule has 0 spiro atoms. The highest BCUT2D eigenvalue weighted by Gasteiger charge is 2.04. The van der Waals surface area contributed by atoms with Crippen LogP contribution in [0, 0.1) is 13.8 Å². The van der Waals surface area contributed by atoms with Gasteiger partial charge in [0.1, 0.15) is 5.82 Å². The lowest BCUT2D eigenvalue weighted by molar-refractivity contribution is 0.555. The lowest BCUT2D eigenvalue weighted by atomic mass is 10.3. The molecule has 0 amide bonds. The SMILES string of the molecule is CCNC(=NCc1ccc(N(CC)CC)nc1)NCCCn1nc(C)cc1C. The van der Waals surface area contributed by atoms with Gasteiger partial charge in [0.25, 0.3) is 0 Å². The van der Waals surface area contributed by atoms with Gasteiger partial charge in [-0.25, -0.2) is 9.98 Å². The van der Waals surface area contributed by atoms with E-state index >= 15 is 0 Å². The van der Waals surface area contributed by atoms with Gasteiger partial charge in [0.15, 0.2) is 5.96 Å². The van der Waals surface area contributed by atoms with Gasteiger partial charge in [0, 0.05) is 44.6 Å². The average molecular weight is 386 g/mol. The summed E-state index contributed by atoms with van der Waals surface area (Å²) in [7, 11) is 0. The number of aromatic nitrogens is 3.